The third-order valence-electron chi connectivity index (χ3n) is 6.51. The second kappa shape index (κ2) is 7.16. The number of hydrogen-bond donors (Lipinski definition) is 3. The lowest BCUT2D eigenvalue weighted by molar-refractivity contribution is -0.153. The van der Waals surface area contributed by atoms with E-state index in [0.717, 1.165) is 6.42 Å². The van der Waals surface area contributed by atoms with E-state index in [1.54, 1.807) is 17.9 Å². The van der Waals surface area contributed by atoms with Gasteiger partial charge in [-0.25, -0.2) is 9.18 Å². The van der Waals surface area contributed by atoms with Crippen LogP contribution in [0.2, 0.25) is 0 Å². The van der Waals surface area contributed by atoms with E-state index in [1.165, 1.54) is 0 Å². The molecule has 4 amide bonds. The summed E-state index contributed by atoms with van der Waals surface area (Å²) in [5.41, 5.74) is -0.910. The van der Waals surface area contributed by atoms with Crippen molar-refractivity contribution >= 4 is 40.3 Å². The van der Waals surface area contributed by atoms with Gasteiger partial charge in [0.1, 0.15) is 0 Å². The Labute approximate surface area is 182 Å². The summed E-state index contributed by atoms with van der Waals surface area (Å²) in [6.07, 6.45) is -0.109. The Hall–Kier alpha value is -3.21. The molecular weight excluding hydrogens is 421 g/mol. The van der Waals surface area contributed by atoms with E-state index in [1.807, 2.05) is 13.8 Å². The fourth-order valence-electron chi connectivity index (χ4n) is 5.32. The molecule has 0 unspecified atom stereocenters. The molecule has 170 valence electrons. The molecule has 2 saturated heterocycles. The van der Waals surface area contributed by atoms with E-state index < -0.39 is 41.2 Å². The Morgan fingerprint density at radius 1 is 1.28 bits per heavy atom. The lowest BCUT2D eigenvalue weighted by atomic mass is 9.66. The number of urea groups is 1. The maximum atomic E-state index is 15.8. The van der Waals surface area contributed by atoms with Gasteiger partial charge in [-0.1, -0.05) is 12.1 Å². The highest BCUT2D eigenvalue weighted by Gasteiger charge is 2.63. The molecule has 0 bridgehead atoms. The highest BCUT2D eigenvalue weighted by Crippen LogP contribution is 2.49. The number of rotatable bonds is 3. The standard InChI is InChI=1S/C21H24FN5O5/c1-4-5-23-17-12-6-11-7-21(18(28)24-20(30)25-19(21)29)16-10(3)31-9(2)8-27(16)14(11)13(22)15(12)32-26-17/h6,9-10,16H,4-5,7-8H2,1-3H3,(H,23,26)(H2,24,25,28,29,30)/t9-,10+,16-/m0/s1. The van der Waals surface area contributed by atoms with Crippen molar-refractivity contribution in [1.29, 1.82) is 0 Å². The van der Waals surface area contributed by atoms with Crippen LogP contribution in [-0.4, -0.2) is 54.3 Å². The average Bonchev–Trinajstić information content (AvgIpc) is 3.12. The lowest BCUT2D eigenvalue weighted by Crippen LogP contribution is -2.75. The Kier molecular flexibility index (Phi) is 4.63. The van der Waals surface area contributed by atoms with Crippen molar-refractivity contribution in [1.82, 2.24) is 15.8 Å². The minimum atomic E-state index is -1.66. The van der Waals surface area contributed by atoms with Gasteiger partial charge in [-0.05, 0) is 31.9 Å². The summed E-state index contributed by atoms with van der Waals surface area (Å²) in [5.74, 6) is -1.63. The fourth-order valence-corrected chi connectivity index (χ4v) is 5.32. The number of hydrogen-bond acceptors (Lipinski definition) is 8. The molecule has 4 heterocycles. The Morgan fingerprint density at radius 3 is 2.69 bits per heavy atom. The minimum absolute atomic E-state index is 0.0107. The number of ether oxygens (including phenoxy) is 1. The van der Waals surface area contributed by atoms with Crippen LogP contribution in [0.3, 0.4) is 0 Å². The third-order valence-corrected chi connectivity index (χ3v) is 6.51. The predicted molar refractivity (Wildman–Crippen MR) is 112 cm³/mol. The first-order valence-corrected chi connectivity index (χ1v) is 10.7. The van der Waals surface area contributed by atoms with Crippen molar-refractivity contribution in [2.75, 3.05) is 23.3 Å². The molecule has 0 saturated carbocycles. The summed E-state index contributed by atoms with van der Waals surface area (Å²) in [6, 6.07) is 0.0291. The van der Waals surface area contributed by atoms with Crippen LogP contribution in [0, 0.1) is 11.2 Å². The van der Waals surface area contributed by atoms with Gasteiger partial charge in [-0.2, -0.15) is 0 Å². The van der Waals surface area contributed by atoms with Crippen molar-refractivity contribution in [2.45, 2.75) is 51.9 Å². The topological polar surface area (TPSA) is 126 Å². The van der Waals surface area contributed by atoms with Crippen LogP contribution in [0.4, 0.5) is 20.7 Å². The summed E-state index contributed by atoms with van der Waals surface area (Å²) in [4.78, 5) is 39.9. The second-order valence-electron chi connectivity index (χ2n) is 8.67. The van der Waals surface area contributed by atoms with E-state index in [2.05, 4.69) is 21.1 Å². The van der Waals surface area contributed by atoms with E-state index in [4.69, 9.17) is 9.26 Å². The van der Waals surface area contributed by atoms with Gasteiger partial charge >= 0.3 is 6.03 Å². The number of carbonyl (C=O) groups excluding carboxylic acids is 3. The van der Waals surface area contributed by atoms with Crippen LogP contribution in [0.1, 0.15) is 32.8 Å². The van der Waals surface area contributed by atoms with E-state index in [-0.39, 0.29) is 30.3 Å². The molecule has 1 aromatic carbocycles. The number of amides is 4. The van der Waals surface area contributed by atoms with Gasteiger partial charge in [0.2, 0.25) is 17.4 Å². The zero-order valence-electron chi connectivity index (χ0n) is 18.0. The molecule has 3 aliphatic rings. The van der Waals surface area contributed by atoms with Crippen molar-refractivity contribution in [3.8, 4) is 0 Å². The van der Waals surface area contributed by atoms with Crippen LogP contribution < -0.4 is 20.9 Å². The monoisotopic (exact) mass is 445 g/mol. The summed E-state index contributed by atoms with van der Waals surface area (Å²) >= 11 is 0. The van der Waals surface area contributed by atoms with E-state index in [9.17, 15) is 14.4 Å². The largest absolute Gasteiger partial charge is 0.372 e. The number of fused-ring (bicyclic) bond motifs is 5. The zero-order valence-corrected chi connectivity index (χ0v) is 18.0. The van der Waals surface area contributed by atoms with Gasteiger partial charge in [0, 0.05) is 19.5 Å². The first kappa shape index (κ1) is 20.7. The molecule has 11 heteroatoms. The lowest BCUT2D eigenvalue weighted by Gasteiger charge is -2.55. The van der Waals surface area contributed by atoms with Gasteiger partial charge in [0.25, 0.3) is 0 Å². The number of barbiturate groups is 1. The molecule has 0 radical (unpaired) electrons. The maximum absolute atomic E-state index is 15.8. The number of nitrogens with zero attached hydrogens (tertiary/aromatic N) is 2. The number of carbonyl (C=O) groups is 3. The van der Waals surface area contributed by atoms with Gasteiger partial charge in [0.05, 0.1) is 29.3 Å². The van der Waals surface area contributed by atoms with Crippen LogP contribution in [0.15, 0.2) is 10.6 Å². The SMILES string of the molecule is CCCNc1noc2c(F)c3c(cc12)CC1(C(=O)NC(=O)NC1=O)[C@@H]1[C@@H](C)O[C@@H](C)CN31. The molecule has 2 fully saturated rings. The summed E-state index contributed by atoms with van der Waals surface area (Å²) in [7, 11) is 0. The number of morpholine rings is 1. The number of aromatic nitrogens is 1. The molecule has 3 N–H and O–H groups in total. The minimum Gasteiger partial charge on any atom is -0.372 e. The van der Waals surface area contributed by atoms with Crippen LogP contribution in [-0.2, 0) is 20.7 Å². The van der Waals surface area contributed by atoms with Crippen LogP contribution >= 0.6 is 0 Å². The highest BCUT2D eigenvalue weighted by atomic mass is 19.1. The van der Waals surface area contributed by atoms with Crippen LogP contribution in [0.5, 0.6) is 0 Å². The number of anilines is 2. The first-order chi connectivity index (χ1) is 15.3. The normalized spacial score (nSPS) is 26.6. The van der Waals surface area contributed by atoms with Crippen molar-refractivity contribution in [2.24, 2.45) is 5.41 Å². The smallest absolute Gasteiger partial charge is 0.328 e. The van der Waals surface area contributed by atoms with E-state index >= 15 is 4.39 Å². The van der Waals surface area contributed by atoms with Crippen molar-refractivity contribution in [3.63, 3.8) is 0 Å². The van der Waals surface area contributed by atoms with Gasteiger partial charge in [-0.15, -0.1) is 0 Å². The van der Waals surface area contributed by atoms with Gasteiger partial charge < -0.3 is 19.5 Å². The predicted octanol–water partition coefficient (Wildman–Crippen LogP) is 1.68. The van der Waals surface area contributed by atoms with Crippen LogP contribution in [0.25, 0.3) is 11.0 Å². The molecule has 5 rings (SSSR count). The molecule has 0 aliphatic carbocycles. The summed E-state index contributed by atoms with van der Waals surface area (Å²) in [6.45, 7) is 6.46. The molecule has 1 aromatic heterocycles. The number of benzene rings is 1. The summed E-state index contributed by atoms with van der Waals surface area (Å²) < 4.78 is 27.1. The molecule has 32 heavy (non-hydrogen) atoms. The molecular formula is C21H24FN5O5. The Bertz CT molecular complexity index is 1130. The number of imide groups is 2. The maximum Gasteiger partial charge on any atom is 0.328 e. The molecule has 1 spiro atoms. The Morgan fingerprint density at radius 2 is 2.00 bits per heavy atom. The van der Waals surface area contributed by atoms with Gasteiger partial charge in [0.15, 0.2) is 17.1 Å². The molecule has 3 atom stereocenters. The van der Waals surface area contributed by atoms with Gasteiger partial charge in [-0.3, -0.25) is 20.2 Å². The molecule has 10 nitrogen and oxygen atoms in total. The van der Waals surface area contributed by atoms with Crippen molar-refractivity contribution < 1.29 is 28.0 Å². The first-order valence-electron chi connectivity index (χ1n) is 10.7. The number of nitrogens with one attached hydrogen (secondary N) is 3. The Balaban J connectivity index is 1.73. The highest BCUT2D eigenvalue weighted by molar-refractivity contribution is 6.20. The second-order valence-corrected chi connectivity index (χ2v) is 8.67. The average molecular weight is 445 g/mol. The number of halogens is 1. The quantitative estimate of drug-likeness (QED) is 0.610. The zero-order chi connectivity index (χ0) is 22.8. The van der Waals surface area contributed by atoms with E-state index in [0.29, 0.717) is 23.3 Å². The fraction of sp³-hybridized carbons (Fsp3) is 0.524. The molecule has 3 aliphatic heterocycles. The summed E-state index contributed by atoms with van der Waals surface area (Å²) in [5, 5.41) is 12.0. The third kappa shape index (κ3) is 2.73. The molecule has 2 aromatic rings. The van der Waals surface area contributed by atoms with Crippen molar-refractivity contribution in [3.05, 3.63) is 17.4 Å².